The molecule has 5 heteroatoms. The summed E-state index contributed by atoms with van der Waals surface area (Å²) in [5, 5.41) is 10.0. The molecule has 1 N–H and O–H groups in total. The first kappa shape index (κ1) is 14.1. The van der Waals surface area contributed by atoms with Gasteiger partial charge in [0, 0.05) is 6.42 Å². The van der Waals surface area contributed by atoms with Gasteiger partial charge in [-0.3, -0.25) is 0 Å². The van der Waals surface area contributed by atoms with E-state index in [0.717, 1.165) is 12.1 Å². The molecule has 1 atom stereocenters. The normalized spacial score (nSPS) is 12.5. The van der Waals surface area contributed by atoms with Crippen molar-refractivity contribution < 1.29 is 18.3 Å². The molecule has 1 nitrogen and oxygen atoms in total. The van der Waals surface area contributed by atoms with Gasteiger partial charge in [0.2, 0.25) is 0 Å². The lowest BCUT2D eigenvalue weighted by Gasteiger charge is -2.13. The molecule has 0 amide bonds. The van der Waals surface area contributed by atoms with Crippen LogP contribution in [0.2, 0.25) is 0 Å². The minimum absolute atomic E-state index is 0.0687. The van der Waals surface area contributed by atoms with Crippen LogP contribution in [0.15, 0.2) is 40.9 Å². The quantitative estimate of drug-likeness (QED) is 0.896. The first-order valence-corrected chi connectivity index (χ1v) is 6.34. The summed E-state index contributed by atoms with van der Waals surface area (Å²) in [6, 6.07) is 7.71. The summed E-state index contributed by atoms with van der Waals surface area (Å²) < 4.78 is 39.3. The second-order valence-corrected chi connectivity index (χ2v) is 4.90. The Hall–Kier alpha value is -1.33. The van der Waals surface area contributed by atoms with E-state index in [-0.39, 0.29) is 10.9 Å². The highest BCUT2D eigenvalue weighted by Crippen LogP contribution is 2.28. The minimum Gasteiger partial charge on any atom is -0.388 e. The molecule has 1 unspecified atom stereocenters. The van der Waals surface area contributed by atoms with Gasteiger partial charge in [-0.1, -0.05) is 18.2 Å². The van der Waals surface area contributed by atoms with Gasteiger partial charge < -0.3 is 5.11 Å². The van der Waals surface area contributed by atoms with Crippen molar-refractivity contribution in [2.45, 2.75) is 12.5 Å². The van der Waals surface area contributed by atoms with Crippen LogP contribution in [0.3, 0.4) is 0 Å². The Morgan fingerprint density at radius 1 is 1.00 bits per heavy atom. The Bertz CT molecular complexity index is 601. The van der Waals surface area contributed by atoms with Crippen LogP contribution in [0.4, 0.5) is 13.2 Å². The van der Waals surface area contributed by atoms with Gasteiger partial charge in [-0.05, 0) is 45.3 Å². The predicted octanol–water partition coefficient (Wildman–Crippen LogP) is 4.14. The largest absolute Gasteiger partial charge is 0.388 e. The molecule has 2 aromatic rings. The molecule has 0 heterocycles. The number of hydrogen-bond donors (Lipinski definition) is 1. The Labute approximate surface area is 116 Å². The number of aliphatic hydroxyl groups is 1. The van der Waals surface area contributed by atoms with Crippen molar-refractivity contribution in [3.05, 3.63) is 69.4 Å². The van der Waals surface area contributed by atoms with Crippen LogP contribution in [0.25, 0.3) is 0 Å². The van der Waals surface area contributed by atoms with Crippen LogP contribution in [0.1, 0.15) is 17.2 Å². The van der Waals surface area contributed by atoms with Crippen LogP contribution in [0.5, 0.6) is 0 Å². The zero-order valence-electron chi connectivity index (χ0n) is 9.71. The van der Waals surface area contributed by atoms with E-state index in [9.17, 15) is 18.3 Å². The average molecular weight is 331 g/mol. The van der Waals surface area contributed by atoms with Crippen LogP contribution in [0, 0.1) is 17.5 Å². The van der Waals surface area contributed by atoms with Crippen molar-refractivity contribution >= 4 is 15.9 Å². The summed E-state index contributed by atoms with van der Waals surface area (Å²) in [6.07, 6.45) is -0.936. The molecule has 2 rings (SSSR count). The summed E-state index contributed by atoms with van der Waals surface area (Å²) in [7, 11) is 0. The van der Waals surface area contributed by atoms with Crippen molar-refractivity contribution in [1.29, 1.82) is 0 Å². The molecular formula is C14H10BrF3O. The smallest absolute Gasteiger partial charge is 0.159 e. The fraction of sp³-hybridized carbons (Fsp3) is 0.143. The molecule has 0 bridgehead atoms. The lowest BCUT2D eigenvalue weighted by molar-refractivity contribution is 0.177. The van der Waals surface area contributed by atoms with Gasteiger partial charge in [0.1, 0.15) is 5.82 Å². The zero-order valence-corrected chi connectivity index (χ0v) is 11.3. The minimum atomic E-state index is -1.00. The summed E-state index contributed by atoms with van der Waals surface area (Å²) >= 11 is 3.05. The molecular weight excluding hydrogens is 321 g/mol. The molecule has 2 aromatic carbocycles. The van der Waals surface area contributed by atoms with Crippen molar-refractivity contribution in [3.63, 3.8) is 0 Å². The maximum Gasteiger partial charge on any atom is 0.159 e. The van der Waals surface area contributed by atoms with E-state index < -0.39 is 23.6 Å². The molecule has 0 radical (unpaired) electrons. The first-order chi connectivity index (χ1) is 8.99. The average Bonchev–Trinajstić information content (AvgIpc) is 2.37. The Morgan fingerprint density at radius 3 is 2.42 bits per heavy atom. The molecule has 100 valence electrons. The van der Waals surface area contributed by atoms with Crippen LogP contribution < -0.4 is 0 Å². The fourth-order valence-electron chi connectivity index (χ4n) is 1.78. The molecule has 0 spiro atoms. The fourth-order valence-corrected chi connectivity index (χ4v) is 2.31. The lowest BCUT2D eigenvalue weighted by Crippen LogP contribution is -2.04. The van der Waals surface area contributed by atoms with Crippen LogP contribution in [-0.4, -0.2) is 5.11 Å². The number of hydrogen-bond acceptors (Lipinski definition) is 1. The molecule has 0 saturated carbocycles. The monoisotopic (exact) mass is 330 g/mol. The third-order valence-electron chi connectivity index (χ3n) is 2.75. The van der Waals surface area contributed by atoms with Crippen LogP contribution in [-0.2, 0) is 6.42 Å². The van der Waals surface area contributed by atoms with Gasteiger partial charge in [0.15, 0.2) is 11.6 Å². The van der Waals surface area contributed by atoms with Gasteiger partial charge in [-0.25, -0.2) is 13.2 Å². The highest BCUT2D eigenvalue weighted by molar-refractivity contribution is 9.10. The van der Waals surface area contributed by atoms with Crippen molar-refractivity contribution in [3.8, 4) is 0 Å². The summed E-state index contributed by atoms with van der Waals surface area (Å²) in [5.74, 6) is -2.39. The van der Waals surface area contributed by atoms with E-state index in [1.165, 1.54) is 18.2 Å². The second kappa shape index (κ2) is 5.75. The summed E-state index contributed by atoms with van der Waals surface area (Å²) in [4.78, 5) is 0. The van der Waals surface area contributed by atoms with Crippen molar-refractivity contribution in [1.82, 2.24) is 0 Å². The Balaban J connectivity index is 2.23. The van der Waals surface area contributed by atoms with Crippen molar-refractivity contribution in [2.75, 3.05) is 0 Å². The maximum absolute atomic E-state index is 13.3. The molecule has 0 aliphatic heterocycles. The van der Waals surface area contributed by atoms with E-state index in [1.807, 2.05) is 0 Å². The first-order valence-electron chi connectivity index (χ1n) is 5.55. The number of rotatable bonds is 3. The standard InChI is InChI=1S/C14H10BrF3O/c15-14-9(2-1-3-11(14)17)13(19)7-8-4-5-10(16)12(18)6-8/h1-6,13,19H,7H2. The summed E-state index contributed by atoms with van der Waals surface area (Å²) in [6.45, 7) is 0. The Kier molecular flexibility index (Phi) is 4.27. The maximum atomic E-state index is 13.3. The highest BCUT2D eigenvalue weighted by Gasteiger charge is 2.15. The highest BCUT2D eigenvalue weighted by atomic mass is 79.9. The van der Waals surface area contributed by atoms with E-state index in [0.29, 0.717) is 11.1 Å². The van der Waals surface area contributed by atoms with Gasteiger partial charge in [-0.15, -0.1) is 0 Å². The van der Waals surface area contributed by atoms with Gasteiger partial charge in [0.25, 0.3) is 0 Å². The van der Waals surface area contributed by atoms with E-state index in [2.05, 4.69) is 15.9 Å². The lowest BCUT2D eigenvalue weighted by atomic mass is 10.0. The van der Waals surface area contributed by atoms with E-state index in [1.54, 1.807) is 6.07 Å². The molecule has 0 aliphatic carbocycles. The third-order valence-corrected chi connectivity index (χ3v) is 3.59. The Morgan fingerprint density at radius 2 is 1.74 bits per heavy atom. The van der Waals surface area contributed by atoms with Gasteiger partial charge >= 0.3 is 0 Å². The molecule has 0 fully saturated rings. The SMILES string of the molecule is OC(Cc1ccc(F)c(F)c1)c1cccc(F)c1Br. The van der Waals surface area contributed by atoms with E-state index >= 15 is 0 Å². The molecule has 0 aliphatic rings. The molecule has 19 heavy (non-hydrogen) atoms. The topological polar surface area (TPSA) is 20.2 Å². The number of aliphatic hydroxyl groups excluding tert-OH is 1. The third kappa shape index (κ3) is 3.16. The van der Waals surface area contributed by atoms with E-state index in [4.69, 9.17) is 0 Å². The second-order valence-electron chi connectivity index (χ2n) is 4.11. The number of halogens is 4. The number of benzene rings is 2. The van der Waals surface area contributed by atoms with Crippen LogP contribution >= 0.6 is 15.9 Å². The molecule has 0 aromatic heterocycles. The molecule has 0 saturated heterocycles. The van der Waals surface area contributed by atoms with Gasteiger partial charge in [-0.2, -0.15) is 0 Å². The zero-order chi connectivity index (χ0) is 14.0. The predicted molar refractivity (Wildman–Crippen MR) is 69.1 cm³/mol. The van der Waals surface area contributed by atoms with Crippen molar-refractivity contribution in [2.24, 2.45) is 0 Å². The summed E-state index contributed by atoms with van der Waals surface area (Å²) in [5.41, 5.74) is 0.798. The van der Waals surface area contributed by atoms with Gasteiger partial charge in [0.05, 0.1) is 10.6 Å².